The highest BCUT2D eigenvalue weighted by Crippen LogP contribution is 2.01. The molecule has 0 saturated carbocycles. The molecule has 122 valence electrons. The van der Waals surface area contributed by atoms with Crippen molar-refractivity contribution in [2.75, 3.05) is 33.0 Å². The Morgan fingerprint density at radius 1 is 0.857 bits per heavy atom. The van der Waals surface area contributed by atoms with Crippen molar-refractivity contribution in [1.29, 1.82) is 0 Å². The monoisotopic (exact) mass is 298 g/mol. The van der Waals surface area contributed by atoms with Crippen molar-refractivity contribution in [3.63, 3.8) is 0 Å². The van der Waals surface area contributed by atoms with Crippen molar-refractivity contribution in [3.05, 3.63) is 35.2 Å². The third-order valence-electron chi connectivity index (χ3n) is 2.93. The average molecular weight is 298 g/mol. The quantitative estimate of drug-likeness (QED) is 0.571. The van der Waals surface area contributed by atoms with E-state index in [1.807, 2.05) is 45.9 Å². The van der Waals surface area contributed by atoms with Crippen molar-refractivity contribution >= 4 is 0 Å². The van der Waals surface area contributed by atoms with Crippen LogP contribution in [-0.2, 0) is 14.2 Å². The number of hydrogen-bond acceptors (Lipinski definition) is 5. The van der Waals surface area contributed by atoms with Crippen LogP contribution < -0.4 is 11.5 Å². The van der Waals surface area contributed by atoms with E-state index in [1.165, 1.54) is 5.57 Å². The molecule has 0 radical (unpaired) electrons. The van der Waals surface area contributed by atoms with Gasteiger partial charge in [0.25, 0.3) is 0 Å². The van der Waals surface area contributed by atoms with Gasteiger partial charge >= 0.3 is 0 Å². The van der Waals surface area contributed by atoms with Crippen LogP contribution in [0.3, 0.4) is 0 Å². The fraction of sp³-hybridized carbons (Fsp3) is 0.625. The molecule has 0 aliphatic carbocycles. The van der Waals surface area contributed by atoms with Crippen molar-refractivity contribution in [2.24, 2.45) is 11.5 Å². The molecule has 0 bridgehead atoms. The zero-order valence-corrected chi connectivity index (χ0v) is 13.7. The molecule has 0 fully saturated rings. The van der Waals surface area contributed by atoms with Gasteiger partial charge in [-0.25, -0.2) is 0 Å². The lowest BCUT2D eigenvalue weighted by atomic mass is 10.3. The summed E-state index contributed by atoms with van der Waals surface area (Å²) in [6.45, 7) is 9.99. The molecule has 5 heteroatoms. The first kappa shape index (κ1) is 19.7. The molecule has 0 spiro atoms. The molecular weight excluding hydrogens is 268 g/mol. The maximum atomic E-state index is 5.73. The van der Waals surface area contributed by atoms with Gasteiger partial charge in [0.05, 0.1) is 33.0 Å². The van der Waals surface area contributed by atoms with Crippen LogP contribution in [0.15, 0.2) is 35.2 Å². The summed E-state index contributed by atoms with van der Waals surface area (Å²) in [7, 11) is 0. The Balaban J connectivity index is 4.20. The van der Waals surface area contributed by atoms with E-state index < -0.39 is 0 Å². The Labute approximate surface area is 128 Å². The first-order chi connectivity index (χ1) is 10.0. The first-order valence-electron chi connectivity index (χ1n) is 7.23. The van der Waals surface area contributed by atoms with Crippen molar-refractivity contribution in [1.82, 2.24) is 0 Å². The molecule has 0 saturated heterocycles. The van der Waals surface area contributed by atoms with Gasteiger partial charge in [-0.05, 0) is 27.7 Å². The van der Waals surface area contributed by atoms with Gasteiger partial charge in [-0.15, -0.1) is 0 Å². The zero-order chi connectivity index (χ0) is 16.1. The van der Waals surface area contributed by atoms with Crippen LogP contribution in [0.25, 0.3) is 0 Å². The maximum Gasteiger partial charge on any atom is 0.105 e. The summed E-state index contributed by atoms with van der Waals surface area (Å²) in [6.07, 6.45) is 5.50. The summed E-state index contributed by atoms with van der Waals surface area (Å²) in [5.74, 6) is 0. The molecule has 0 aromatic rings. The summed E-state index contributed by atoms with van der Waals surface area (Å²) < 4.78 is 16.8. The van der Waals surface area contributed by atoms with E-state index in [4.69, 9.17) is 25.7 Å². The van der Waals surface area contributed by atoms with Gasteiger partial charge in [-0.1, -0.05) is 23.8 Å². The standard InChI is InChI=1S/C16H30N2O3/c1-5-13(4)8-19-11-16(21-10-15(18)7-3)12-20-9-14(17)6-2/h5-7,16H,8-12,17-18H2,1-4H3/b13-5+,14-6-,15-7-. The molecule has 0 amide bonds. The summed E-state index contributed by atoms with van der Waals surface area (Å²) in [5, 5.41) is 0. The number of ether oxygens (including phenoxy) is 3. The summed E-state index contributed by atoms with van der Waals surface area (Å²) in [5.41, 5.74) is 14.0. The van der Waals surface area contributed by atoms with E-state index >= 15 is 0 Å². The van der Waals surface area contributed by atoms with Gasteiger partial charge in [0.2, 0.25) is 0 Å². The normalized spacial score (nSPS) is 15.3. The van der Waals surface area contributed by atoms with E-state index in [2.05, 4.69) is 0 Å². The highest BCUT2D eigenvalue weighted by Gasteiger charge is 2.11. The number of nitrogens with two attached hydrogens (primary N) is 2. The fourth-order valence-electron chi connectivity index (χ4n) is 1.27. The molecule has 0 aromatic heterocycles. The molecule has 0 aliphatic rings. The molecule has 0 heterocycles. The van der Waals surface area contributed by atoms with Crippen LogP contribution in [0.2, 0.25) is 0 Å². The Morgan fingerprint density at radius 2 is 1.38 bits per heavy atom. The average Bonchev–Trinajstić information content (AvgIpc) is 2.50. The predicted octanol–water partition coefficient (Wildman–Crippen LogP) is 2.10. The Bertz CT molecular complexity index is 339. The number of hydrogen-bond donors (Lipinski definition) is 2. The molecular formula is C16H30N2O3. The van der Waals surface area contributed by atoms with E-state index in [0.717, 1.165) is 0 Å². The fourth-order valence-corrected chi connectivity index (χ4v) is 1.27. The minimum absolute atomic E-state index is 0.169. The van der Waals surface area contributed by atoms with E-state index in [0.29, 0.717) is 44.4 Å². The van der Waals surface area contributed by atoms with Crippen LogP contribution in [0.5, 0.6) is 0 Å². The molecule has 1 unspecified atom stereocenters. The highest BCUT2D eigenvalue weighted by molar-refractivity contribution is 4.96. The van der Waals surface area contributed by atoms with Crippen molar-refractivity contribution in [3.8, 4) is 0 Å². The Kier molecular flexibility index (Phi) is 11.7. The first-order valence-corrected chi connectivity index (χ1v) is 7.23. The smallest absolute Gasteiger partial charge is 0.105 e. The topological polar surface area (TPSA) is 79.7 Å². The van der Waals surface area contributed by atoms with Gasteiger partial charge < -0.3 is 25.7 Å². The lowest BCUT2D eigenvalue weighted by Crippen LogP contribution is -2.28. The van der Waals surface area contributed by atoms with Gasteiger partial charge in [0.1, 0.15) is 6.10 Å². The Hall–Kier alpha value is -1.30. The third-order valence-corrected chi connectivity index (χ3v) is 2.93. The summed E-state index contributed by atoms with van der Waals surface area (Å²) in [4.78, 5) is 0. The third kappa shape index (κ3) is 11.1. The molecule has 4 N–H and O–H groups in total. The van der Waals surface area contributed by atoms with Gasteiger partial charge in [-0.2, -0.15) is 0 Å². The summed E-state index contributed by atoms with van der Waals surface area (Å²) in [6, 6.07) is 0. The van der Waals surface area contributed by atoms with Gasteiger partial charge in [0, 0.05) is 11.4 Å². The van der Waals surface area contributed by atoms with Crippen LogP contribution in [0.4, 0.5) is 0 Å². The lowest BCUT2D eigenvalue weighted by molar-refractivity contribution is -0.0469. The second-order valence-corrected chi connectivity index (χ2v) is 4.83. The largest absolute Gasteiger partial charge is 0.400 e. The van der Waals surface area contributed by atoms with Crippen LogP contribution >= 0.6 is 0 Å². The minimum atomic E-state index is -0.169. The van der Waals surface area contributed by atoms with Crippen molar-refractivity contribution < 1.29 is 14.2 Å². The molecule has 5 nitrogen and oxygen atoms in total. The molecule has 0 aliphatic heterocycles. The number of allylic oxidation sites excluding steroid dienone is 3. The van der Waals surface area contributed by atoms with E-state index in [1.54, 1.807) is 0 Å². The van der Waals surface area contributed by atoms with Crippen LogP contribution in [-0.4, -0.2) is 39.1 Å². The molecule has 0 aromatic carbocycles. The zero-order valence-electron chi connectivity index (χ0n) is 13.7. The van der Waals surface area contributed by atoms with E-state index in [9.17, 15) is 0 Å². The molecule has 21 heavy (non-hydrogen) atoms. The van der Waals surface area contributed by atoms with Crippen LogP contribution in [0.1, 0.15) is 27.7 Å². The molecule has 0 rings (SSSR count). The van der Waals surface area contributed by atoms with Crippen LogP contribution in [0, 0.1) is 0 Å². The predicted molar refractivity (Wildman–Crippen MR) is 86.7 cm³/mol. The summed E-state index contributed by atoms with van der Waals surface area (Å²) >= 11 is 0. The highest BCUT2D eigenvalue weighted by atomic mass is 16.6. The second kappa shape index (κ2) is 12.4. The number of rotatable bonds is 11. The Morgan fingerprint density at radius 3 is 1.90 bits per heavy atom. The van der Waals surface area contributed by atoms with Gasteiger partial charge in [-0.3, -0.25) is 0 Å². The second-order valence-electron chi connectivity index (χ2n) is 4.83. The SMILES string of the molecule is C/C=C(\N)COCC(COC/C(C)=C/C)OC/C(N)=C/C. The lowest BCUT2D eigenvalue weighted by Gasteiger charge is -2.18. The molecule has 1 atom stereocenters. The van der Waals surface area contributed by atoms with Crippen molar-refractivity contribution in [2.45, 2.75) is 33.8 Å². The maximum absolute atomic E-state index is 5.73. The minimum Gasteiger partial charge on any atom is -0.400 e. The van der Waals surface area contributed by atoms with E-state index in [-0.39, 0.29) is 6.10 Å². The van der Waals surface area contributed by atoms with Gasteiger partial charge in [0.15, 0.2) is 0 Å².